The van der Waals surface area contributed by atoms with Crippen molar-refractivity contribution in [1.29, 1.82) is 0 Å². The van der Waals surface area contributed by atoms with Gasteiger partial charge in [0, 0.05) is 12.5 Å². The molecule has 2 heteroatoms. The summed E-state index contributed by atoms with van der Waals surface area (Å²) in [5.41, 5.74) is 5.26. The summed E-state index contributed by atoms with van der Waals surface area (Å²) >= 11 is 0. The molecule has 1 atom stereocenters. The second kappa shape index (κ2) is 3.51. The maximum Gasteiger partial charge on any atom is 0.107 e. The highest BCUT2D eigenvalue weighted by Crippen LogP contribution is 1.78. The maximum atomic E-state index is 7.90. The number of hydrogen-bond donors (Lipinski definition) is 2. The molecule has 0 aliphatic carbocycles. The van der Waals surface area contributed by atoms with E-state index in [0.717, 1.165) is 0 Å². The van der Waals surface area contributed by atoms with Gasteiger partial charge in [-0.05, 0) is 6.92 Å². The van der Waals surface area contributed by atoms with Crippen LogP contribution in [0.25, 0.3) is 0 Å². The Hall–Kier alpha value is -0.680. The summed E-state index contributed by atoms with van der Waals surface area (Å²) in [5.74, 6) is 2.43. The molecular weight excluding hydrogens is 90.1 g/mol. The molecule has 0 radical (unpaired) electrons. The third-order valence-corrected chi connectivity index (χ3v) is 0.503. The zero-order valence-electron chi connectivity index (χ0n) is 4.31. The fourth-order valence-corrected chi connectivity index (χ4v) is 0.207. The lowest BCUT2D eigenvalue weighted by molar-refractivity contribution is 0.515. The van der Waals surface area contributed by atoms with Crippen molar-refractivity contribution < 1.29 is 5.11 Å². The van der Waals surface area contributed by atoms with E-state index >= 15 is 0 Å². The van der Waals surface area contributed by atoms with Crippen LogP contribution >= 0.6 is 0 Å². The highest BCUT2D eigenvalue weighted by molar-refractivity contribution is 4.91. The monoisotopic (exact) mass is 99.1 g/mol. The Morgan fingerprint density at radius 3 is 2.57 bits per heavy atom. The summed E-state index contributed by atoms with van der Waals surface area (Å²) in [6.45, 7) is 1.84. The van der Waals surface area contributed by atoms with Crippen molar-refractivity contribution in [2.24, 2.45) is 5.73 Å². The quantitative estimate of drug-likeness (QED) is 0.456. The highest BCUT2D eigenvalue weighted by atomic mass is 16.2. The fourth-order valence-electron chi connectivity index (χ4n) is 0.207. The Morgan fingerprint density at radius 2 is 2.43 bits per heavy atom. The van der Waals surface area contributed by atoms with Gasteiger partial charge in [0.25, 0.3) is 0 Å². The van der Waals surface area contributed by atoms with Crippen LogP contribution in [0.15, 0.2) is 0 Å². The number of nitrogens with two attached hydrogens (primary N) is 1. The third-order valence-electron chi connectivity index (χ3n) is 0.503. The first-order valence-corrected chi connectivity index (χ1v) is 2.15. The minimum absolute atomic E-state index is 0.0691. The predicted octanol–water partition coefficient (Wildman–Crippen LogP) is 0.0571. The molecule has 3 N–H and O–H groups in total. The van der Waals surface area contributed by atoms with Gasteiger partial charge < -0.3 is 10.8 Å². The van der Waals surface area contributed by atoms with Crippen LogP contribution < -0.4 is 5.73 Å². The number of aliphatic hydroxyl groups excluding tert-OH is 1. The van der Waals surface area contributed by atoms with Crippen LogP contribution in [-0.4, -0.2) is 11.1 Å². The molecule has 0 heterocycles. The van der Waals surface area contributed by atoms with Gasteiger partial charge in [0.05, 0.1) is 0 Å². The Balaban J connectivity index is 3.08. The predicted molar refractivity (Wildman–Crippen MR) is 28.0 cm³/mol. The van der Waals surface area contributed by atoms with Crippen molar-refractivity contribution in [2.45, 2.75) is 19.4 Å². The molecule has 0 aromatic rings. The summed E-state index contributed by atoms with van der Waals surface area (Å²) in [6, 6.07) is 0.0691. The van der Waals surface area contributed by atoms with E-state index in [1.165, 1.54) is 0 Å². The summed E-state index contributed by atoms with van der Waals surface area (Å²) in [5, 5.41) is 7.90. The first-order valence-electron chi connectivity index (χ1n) is 2.15. The standard InChI is InChI=1S/C5H9NO/c1-5(6)3-2-4-7/h5,7H,3,6H2,1H3. The molecule has 0 aliphatic heterocycles. The molecule has 0 saturated heterocycles. The number of hydrogen-bond acceptors (Lipinski definition) is 2. The topological polar surface area (TPSA) is 46.2 Å². The van der Waals surface area contributed by atoms with Gasteiger partial charge in [-0.15, -0.1) is 0 Å². The Morgan fingerprint density at radius 1 is 1.86 bits per heavy atom. The first kappa shape index (κ1) is 6.32. The highest BCUT2D eigenvalue weighted by Gasteiger charge is 1.84. The molecule has 7 heavy (non-hydrogen) atoms. The van der Waals surface area contributed by atoms with Gasteiger partial charge >= 0.3 is 0 Å². The van der Waals surface area contributed by atoms with Crippen LogP contribution in [0.5, 0.6) is 0 Å². The number of rotatable bonds is 1. The van der Waals surface area contributed by atoms with Crippen LogP contribution in [0.1, 0.15) is 13.3 Å². The number of aliphatic hydroxyl groups is 1. The SMILES string of the molecule is CC(N)CC#CO. The summed E-state index contributed by atoms with van der Waals surface area (Å²) in [4.78, 5) is 0. The van der Waals surface area contributed by atoms with Crippen molar-refractivity contribution in [3.8, 4) is 12.0 Å². The van der Waals surface area contributed by atoms with E-state index < -0.39 is 0 Å². The molecule has 0 fully saturated rings. The zero-order chi connectivity index (χ0) is 5.70. The van der Waals surface area contributed by atoms with Gasteiger partial charge in [-0.25, -0.2) is 0 Å². The van der Waals surface area contributed by atoms with Crippen LogP contribution in [0.4, 0.5) is 0 Å². The van der Waals surface area contributed by atoms with Gasteiger partial charge in [0.15, 0.2) is 0 Å². The third kappa shape index (κ3) is 5.32. The summed E-state index contributed by atoms with van der Waals surface area (Å²) in [6.07, 6.45) is 2.34. The summed E-state index contributed by atoms with van der Waals surface area (Å²) in [7, 11) is 0. The smallest absolute Gasteiger partial charge is 0.107 e. The molecule has 2 nitrogen and oxygen atoms in total. The molecular formula is C5H9NO. The van der Waals surface area contributed by atoms with Gasteiger partial charge in [-0.2, -0.15) is 0 Å². The van der Waals surface area contributed by atoms with Crippen molar-refractivity contribution in [3.05, 3.63) is 0 Å². The van der Waals surface area contributed by atoms with E-state index in [4.69, 9.17) is 10.8 Å². The zero-order valence-corrected chi connectivity index (χ0v) is 4.31. The summed E-state index contributed by atoms with van der Waals surface area (Å²) < 4.78 is 0. The molecule has 0 bridgehead atoms. The Kier molecular flexibility index (Phi) is 3.17. The average Bonchev–Trinajstić information content (AvgIpc) is 1.61. The lowest BCUT2D eigenvalue weighted by Gasteiger charge is -1.91. The normalized spacial score (nSPS) is 11.7. The molecule has 0 aromatic heterocycles. The molecule has 0 aromatic carbocycles. The van der Waals surface area contributed by atoms with Gasteiger partial charge in [-0.3, -0.25) is 0 Å². The minimum atomic E-state index is 0.0691. The second-order valence-electron chi connectivity index (χ2n) is 1.47. The van der Waals surface area contributed by atoms with E-state index in [2.05, 4.69) is 5.92 Å². The average molecular weight is 99.1 g/mol. The van der Waals surface area contributed by atoms with Crippen molar-refractivity contribution >= 4 is 0 Å². The van der Waals surface area contributed by atoms with E-state index in [9.17, 15) is 0 Å². The fraction of sp³-hybridized carbons (Fsp3) is 0.600. The lowest BCUT2D eigenvalue weighted by Crippen LogP contribution is -2.12. The minimum Gasteiger partial charge on any atom is -0.462 e. The molecule has 0 spiro atoms. The van der Waals surface area contributed by atoms with Crippen LogP contribution in [0, 0.1) is 12.0 Å². The van der Waals surface area contributed by atoms with Crippen molar-refractivity contribution in [3.63, 3.8) is 0 Å². The van der Waals surface area contributed by atoms with Crippen LogP contribution in [-0.2, 0) is 0 Å². The van der Waals surface area contributed by atoms with Crippen LogP contribution in [0.2, 0.25) is 0 Å². The molecule has 0 aliphatic rings. The maximum absolute atomic E-state index is 7.90. The molecule has 0 amide bonds. The second-order valence-corrected chi connectivity index (χ2v) is 1.47. The molecule has 1 unspecified atom stereocenters. The van der Waals surface area contributed by atoms with Crippen LogP contribution in [0.3, 0.4) is 0 Å². The van der Waals surface area contributed by atoms with Crippen molar-refractivity contribution in [2.75, 3.05) is 0 Å². The van der Waals surface area contributed by atoms with Gasteiger partial charge in [-0.1, -0.05) is 5.92 Å². The largest absolute Gasteiger partial charge is 0.462 e. The van der Waals surface area contributed by atoms with Gasteiger partial charge in [0.2, 0.25) is 0 Å². The Bertz CT molecular complexity index is 88.0. The molecule has 40 valence electrons. The lowest BCUT2D eigenvalue weighted by atomic mass is 10.3. The first-order chi connectivity index (χ1) is 3.27. The van der Waals surface area contributed by atoms with E-state index in [0.29, 0.717) is 6.42 Å². The molecule has 0 saturated carbocycles. The van der Waals surface area contributed by atoms with E-state index in [1.54, 1.807) is 6.11 Å². The molecule has 0 rings (SSSR count). The Labute approximate surface area is 43.3 Å². The van der Waals surface area contributed by atoms with Crippen molar-refractivity contribution in [1.82, 2.24) is 0 Å². The van der Waals surface area contributed by atoms with E-state index in [-0.39, 0.29) is 6.04 Å². The van der Waals surface area contributed by atoms with E-state index in [1.807, 2.05) is 6.92 Å². The van der Waals surface area contributed by atoms with Gasteiger partial charge in [0.1, 0.15) is 6.11 Å².